The lowest BCUT2D eigenvalue weighted by Crippen LogP contribution is -2.48. The third kappa shape index (κ3) is 4.21. The second kappa shape index (κ2) is 6.16. The zero-order chi connectivity index (χ0) is 15.5. The molecule has 2 aromatic rings. The van der Waals surface area contributed by atoms with Crippen LogP contribution in [0.2, 0.25) is 0 Å². The van der Waals surface area contributed by atoms with Crippen LogP contribution >= 0.6 is 0 Å². The van der Waals surface area contributed by atoms with E-state index in [0.717, 1.165) is 35.4 Å². The Balaban J connectivity index is 1.97. The van der Waals surface area contributed by atoms with Gasteiger partial charge in [-0.15, -0.1) is 0 Å². The van der Waals surface area contributed by atoms with Gasteiger partial charge in [-0.3, -0.25) is 4.99 Å². The van der Waals surface area contributed by atoms with Crippen molar-refractivity contribution in [3.05, 3.63) is 35.8 Å². The van der Waals surface area contributed by atoms with Crippen molar-refractivity contribution in [1.29, 1.82) is 0 Å². The van der Waals surface area contributed by atoms with E-state index in [-0.39, 0.29) is 11.4 Å². The van der Waals surface area contributed by atoms with Crippen molar-refractivity contribution in [2.45, 2.75) is 32.7 Å². The van der Waals surface area contributed by atoms with Crippen LogP contribution in [-0.4, -0.2) is 30.1 Å². The summed E-state index contributed by atoms with van der Waals surface area (Å²) in [6, 6.07) is 4.81. The lowest BCUT2D eigenvalue weighted by Gasteiger charge is -2.23. The molecule has 0 bridgehead atoms. The van der Waals surface area contributed by atoms with E-state index in [9.17, 15) is 4.39 Å². The van der Waals surface area contributed by atoms with Crippen LogP contribution in [0.4, 0.5) is 4.39 Å². The first-order valence-electron chi connectivity index (χ1n) is 7.13. The minimum atomic E-state index is -0.207. The fourth-order valence-corrected chi connectivity index (χ4v) is 2.21. The summed E-state index contributed by atoms with van der Waals surface area (Å²) >= 11 is 0. The molecule has 0 unspecified atom stereocenters. The van der Waals surface area contributed by atoms with Crippen molar-refractivity contribution < 1.29 is 4.39 Å². The molecule has 114 valence electrons. The third-order valence-electron chi connectivity index (χ3n) is 3.13. The van der Waals surface area contributed by atoms with E-state index in [1.807, 2.05) is 6.20 Å². The SMILES string of the molecule is CN=C(NCCc1c[nH]c2ccc(F)cc12)NC(C)(C)C. The number of nitrogens with zero attached hydrogens (tertiary/aromatic N) is 1. The fourth-order valence-electron chi connectivity index (χ4n) is 2.21. The van der Waals surface area contributed by atoms with Gasteiger partial charge in [0, 0.05) is 36.2 Å². The molecular weight excluding hydrogens is 267 g/mol. The van der Waals surface area contributed by atoms with Gasteiger partial charge < -0.3 is 15.6 Å². The second-order valence-electron chi connectivity index (χ2n) is 6.13. The normalized spacial score (nSPS) is 12.7. The Hall–Kier alpha value is -2.04. The van der Waals surface area contributed by atoms with E-state index in [1.54, 1.807) is 19.2 Å². The number of nitrogens with one attached hydrogen (secondary N) is 3. The molecule has 0 saturated carbocycles. The molecular formula is C16H23FN4. The number of hydrogen-bond donors (Lipinski definition) is 3. The molecule has 0 aliphatic heterocycles. The number of fused-ring (bicyclic) bond motifs is 1. The van der Waals surface area contributed by atoms with Crippen molar-refractivity contribution in [3.63, 3.8) is 0 Å². The monoisotopic (exact) mass is 290 g/mol. The van der Waals surface area contributed by atoms with E-state index < -0.39 is 0 Å². The summed E-state index contributed by atoms with van der Waals surface area (Å²) < 4.78 is 13.3. The van der Waals surface area contributed by atoms with E-state index in [0.29, 0.717) is 0 Å². The molecule has 3 N–H and O–H groups in total. The Kier molecular flexibility index (Phi) is 4.50. The molecule has 1 aromatic heterocycles. The summed E-state index contributed by atoms with van der Waals surface area (Å²) in [7, 11) is 1.75. The highest BCUT2D eigenvalue weighted by Crippen LogP contribution is 2.19. The Morgan fingerprint density at radius 2 is 2.10 bits per heavy atom. The fraction of sp³-hybridized carbons (Fsp3) is 0.438. The summed E-state index contributed by atoms with van der Waals surface area (Å²) in [5.41, 5.74) is 2.03. The molecule has 0 atom stereocenters. The number of rotatable bonds is 3. The van der Waals surface area contributed by atoms with Crippen molar-refractivity contribution in [1.82, 2.24) is 15.6 Å². The third-order valence-corrected chi connectivity index (χ3v) is 3.13. The van der Waals surface area contributed by atoms with Crippen molar-refractivity contribution >= 4 is 16.9 Å². The lowest BCUT2D eigenvalue weighted by molar-refractivity contribution is 0.501. The minimum Gasteiger partial charge on any atom is -0.361 e. The number of halogens is 1. The van der Waals surface area contributed by atoms with E-state index in [1.165, 1.54) is 6.07 Å². The first kappa shape index (κ1) is 15.4. The van der Waals surface area contributed by atoms with Crippen molar-refractivity contribution in [2.24, 2.45) is 4.99 Å². The molecule has 0 fully saturated rings. The highest BCUT2D eigenvalue weighted by Gasteiger charge is 2.11. The standard InChI is InChI=1S/C16H23FN4/c1-16(2,3)21-15(18-4)19-8-7-11-10-20-14-6-5-12(17)9-13(11)14/h5-6,9-10,20H,7-8H2,1-4H3,(H2,18,19,21). The van der Waals surface area contributed by atoms with Gasteiger partial charge >= 0.3 is 0 Å². The van der Waals surface area contributed by atoms with Crippen molar-refractivity contribution in [2.75, 3.05) is 13.6 Å². The van der Waals surface area contributed by atoms with Gasteiger partial charge in [-0.25, -0.2) is 4.39 Å². The van der Waals surface area contributed by atoms with Crippen molar-refractivity contribution in [3.8, 4) is 0 Å². The zero-order valence-corrected chi connectivity index (χ0v) is 13.0. The summed E-state index contributed by atoms with van der Waals surface area (Å²) in [5.74, 6) is 0.565. The van der Waals surface area contributed by atoms with Crippen LogP contribution in [0.25, 0.3) is 10.9 Å². The van der Waals surface area contributed by atoms with Crippen LogP contribution in [0, 0.1) is 5.82 Å². The Bertz CT molecular complexity index is 637. The van der Waals surface area contributed by atoms with Crippen LogP contribution in [0.1, 0.15) is 26.3 Å². The average Bonchev–Trinajstić information content (AvgIpc) is 2.79. The summed E-state index contributed by atoms with van der Waals surface area (Å²) in [6.07, 6.45) is 2.74. The predicted molar refractivity (Wildman–Crippen MR) is 86.2 cm³/mol. The van der Waals surface area contributed by atoms with Gasteiger partial charge in [-0.2, -0.15) is 0 Å². The topological polar surface area (TPSA) is 52.2 Å². The van der Waals surface area contributed by atoms with Gasteiger partial charge in [0.25, 0.3) is 0 Å². The molecule has 0 aliphatic carbocycles. The molecule has 1 aromatic carbocycles. The first-order valence-corrected chi connectivity index (χ1v) is 7.13. The molecule has 21 heavy (non-hydrogen) atoms. The molecule has 4 nitrogen and oxygen atoms in total. The highest BCUT2D eigenvalue weighted by molar-refractivity contribution is 5.83. The maximum atomic E-state index is 13.3. The molecule has 0 aliphatic rings. The van der Waals surface area contributed by atoms with Crippen LogP contribution in [0.3, 0.4) is 0 Å². The van der Waals surface area contributed by atoms with Gasteiger partial charge in [0.2, 0.25) is 0 Å². The van der Waals surface area contributed by atoms with Gasteiger partial charge in [-0.05, 0) is 51.0 Å². The van der Waals surface area contributed by atoms with Crippen LogP contribution < -0.4 is 10.6 Å². The Morgan fingerprint density at radius 3 is 2.76 bits per heavy atom. The second-order valence-corrected chi connectivity index (χ2v) is 6.13. The molecule has 0 spiro atoms. The molecule has 0 radical (unpaired) electrons. The Morgan fingerprint density at radius 1 is 1.33 bits per heavy atom. The largest absolute Gasteiger partial charge is 0.361 e. The van der Waals surface area contributed by atoms with E-state index in [4.69, 9.17) is 0 Å². The number of benzene rings is 1. The number of aliphatic imine (C=N–C) groups is 1. The average molecular weight is 290 g/mol. The van der Waals surface area contributed by atoms with Crippen LogP contribution in [0.15, 0.2) is 29.4 Å². The van der Waals surface area contributed by atoms with E-state index in [2.05, 4.69) is 41.4 Å². The van der Waals surface area contributed by atoms with Gasteiger partial charge in [0.05, 0.1) is 0 Å². The summed E-state index contributed by atoms with van der Waals surface area (Å²) in [4.78, 5) is 7.36. The molecule has 2 rings (SSSR count). The Labute approximate surface area is 124 Å². The maximum absolute atomic E-state index is 13.3. The van der Waals surface area contributed by atoms with Crippen LogP contribution in [0.5, 0.6) is 0 Å². The number of aromatic nitrogens is 1. The molecule has 5 heteroatoms. The first-order chi connectivity index (χ1) is 9.89. The van der Waals surface area contributed by atoms with Gasteiger partial charge in [0.15, 0.2) is 5.96 Å². The number of guanidine groups is 1. The zero-order valence-electron chi connectivity index (χ0n) is 13.0. The molecule has 1 heterocycles. The summed E-state index contributed by atoms with van der Waals surface area (Å²) in [5, 5.41) is 7.52. The molecule has 0 saturated heterocycles. The minimum absolute atomic E-state index is 0.0360. The number of H-pyrrole nitrogens is 1. The smallest absolute Gasteiger partial charge is 0.191 e. The lowest BCUT2D eigenvalue weighted by atomic mass is 10.1. The van der Waals surface area contributed by atoms with Gasteiger partial charge in [-0.1, -0.05) is 0 Å². The predicted octanol–water partition coefficient (Wildman–Crippen LogP) is 2.81. The van der Waals surface area contributed by atoms with Crippen LogP contribution in [-0.2, 0) is 6.42 Å². The van der Waals surface area contributed by atoms with E-state index >= 15 is 0 Å². The molecule has 0 amide bonds. The number of hydrogen-bond acceptors (Lipinski definition) is 1. The highest BCUT2D eigenvalue weighted by atomic mass is 19.1. The van der Waals surface area contributed by atoms with Gasteiger partial charge in [0.1, 0.15) is 5.82 Å². The summed E-state index contributed by atoms with van der Waals surface area (Å²) in [6.45, 7) is 6.99. The maximum Gasteiger partial charge on any atom is 0.191 e. The quantitative estimate of drug-likeness (QED) is 0.601. The number of aromatic amines is 1.